The summed E-state index contributed by atoms with van der Waals surface area (Å²) in [4.78, 5) is 12.7. The van der Waals surface area contributed by atoms with Gasteiger partial charge in [-0.1, -0.05) is 28.1 Å². The fraction of sp³-hybridized carbons (Fsp3) is 0.174. The molecule has 2 heterocycles. The van der Waals surface area contributed by atoms with Crippen LogP contribution in [0.25, 0.3) is 0 Å². The molecule has 0 aliphatic carbocycles. The first kappa shape index (κ1) is 22.3. The van der Waals surface area contributed by atoms with Crippen LogP contribution in [0.5, 0.6) is 5.75 Å². The van der Waals surface area contributed by atoms with E-state index in [2.05, 4.69) is 47.4 Å². The third-order valence-electron chi connectivity index (χ3n) is 4.86. The van der Waals surface area contributed by atoms with E-state index in [1.807, 2.05) is 67.1 Å². The molecule has 0 radical (unpaired) electrons. The van der Waals surface area contributed by atoms with E-state index < -0.39 is 0 Å². The summed E-state index contributed by atoms with van der Waals surface area (Å²) in [6, 6.07) is 16.9. The highest BCUT2D eigenvalue weighted by Gasteiger charge is 2.12. The Morgan fingerprint density at radius 1 is 1.06 bits per heavy atom. The van der Waals surface area contributed by atoms with Crippen molar-refractivity contribution in [1.82, 2.24) is 19.6 Å². The minimum Gasteiger partial charge on any atom is -0.471 e. The Morgan fingerprint density at radius 3 is 2.56 bits per heavy atom. The summed E-state index contributed by atoms with van der Waals surface area (Å²) in [6.45, 7) is 4.81. The molecule has 0 aliphatic heterocycles. The molecule has 0 fully saturated rings. The third-order valence-corrected chi connectivity index (χ3v) is 6.54. The fourth-order valence-electron chi connectivity index (χ4n) is 3.17. The number of nitrogens with one attached hydrogen (secondary N) is 1. The van der Waals surface area contributed by atoms with E-state index >= 15 is 0 Å². The lowest BCUT2D eigenvalue weighted by Crippen LogP contribution is -2.14. The van der Waals surface area contributed by atoms with Crippen LogP contribution in [0.3, 0.4) is 0 Å². The van der Waals surface area contributed by atoms with E-state index in [0.717, 1.165) is 31.6 Å². The Bertz CT molecular complexity index is 1250. The second-order valence-corrected chi connectivity index (χ2v) is 8.97. The van der Waals surface area contributed by atoms with Crippen LogP contribution in [0.2, 0.25) is 0 Å². The summed E-state index contributed by atoms with van der Waals surface area (Å²) in [5.74, 6) is 0.444. The highest BCUT2D eigenvalue weighted by Crippen LogP contribution is 2.21. The Balaban J connectivity index is 1.38. The van der Waals surface area contributed by atoms with Crippen molar-refractivity contribution in [2.24, 2.45) is 0 Å². The van der Waals surface area contributed by atoms with Gasteiger partial charge in [0.2, 0.25) is 0 Å². The van der Waals surface area contributed by atoms with Crippen LogP contribution in [0.1, 0.15) is 27.4 Å². The van der Waals surface area contributed by atoms with Crippen molar-refractivity contribution in [3.8, 4) is 5.75 Å². The Hall–Kier alpha value is -2.91. The van der Waals surface area contributed by atoms with E-state index in [4.69, 9.17) is 4.74 Å². The molecular formula is C23H21Br2N5O2. The predicted molar refractivity (Wildman–Crippen MR) is 130 cm³/mol. The Morgan fingerprint density at radius 2 is 1.84 bits per heavy atom. The van der Waals surface area contributed by atoms with Crippen molar-refractivity contribution in [3.63, 3.8) is 0 Å². The minimum atomic E-state index is -0.279. The molecule has 9 heteroatoms. The quantitative estimate of drug-likeness (QED) is 0.322. The number of ether oxygens (including phenoxy) is 1. The topological polar surface area (TPSA) is 74.0 Å². The molecule has 0 spiro atoms. The molecule has 164 valence electrons. The van der Waals surface area contributed by atoms with Gasteiger partial charge in [0, 0.05) is 16.4 Å². The van der Waals surface area contributed by atoms with Crippen molar-refractivity contribution < 1.29 is 9.53 Å². The van der Waals surface area contributed by atoms with Crippen LogP contribution in [-0.2, 0) is 13.3 Å². The van der Waals surface area contributed by atoms with Gasteiger partial charge in [-0.15, -0.1) is 0 Å². The first-order valence-corrected chi connectivity index (χ1v) is 11.5. The van der Waals surface area contributed by atoms with E-state index in [-0.39, 0.29) is 12.6 Å². The van der Waals surface area contributed by atoms with Crippen molar-refractivity contribution in [2.75, 3.05) is 5.32 Å². The standard InChI is InChI=1S/C23H21Br2N5O2/c1-15-22(25)16(2)30(27-15)13-17-4-3-5-19(12-17)26-23(31)21-10-11-29(28-21)14-32-20-8-6-18(24)7-9-20/h3-12H,13-14H2,1-2H3,(H,26,31). The van der Waals surface area contributed by atoms with Gasteiger partial charge in [0.05, 0.1) is 22.4 Å². The number of hydrogen-bond donors (Lipinski definition) is 1. The number of aromatic nitrogens is 4. The smallest absolute Gasteiger partial charge is 0.276 e. The lowest BCUT2D eigenvalue weighted by Gasteiger charge is -2.08. The van der Waals surface area contributed by atoms with E-state index in [1.54, 1.807) is 16.9 Å². The molecule has 4 aromatic rings. The highest BCUT2D eigenvalue weighted by molar-refractivity contribution is 9.10. The third kappa shape index (κ3) is 5.28. The Labute approximate surface area is 202 Å². The maximum Gasteiger partial charge on any atom is 0.276 e. The summed E-state index contributed by atoms with van der Waals surface area (Å²) < 4.78 is 11.2. The number of anilines is 1. The Kier molecular flexibility index (Phi) is 6.76. The zero-order chi connectivity index (χ0) is 22.7. The molecule has 0 unspecified atom stereocenters. The summed E-state index contributed by atoms with van der Waals surface area (Å²) in [5, 5.41) is 11.8. The van der Waals surface area contributed by atoms with Crippen LogP contribution in [-0.4, -0.2) is 25.5 Å². The van der Waals surface area contributed by atoms with Gasteiger partial charge >= 0.3 is 0 Å². The lowest BCUT2D eigenvalue weighted by molar-refractivity contribution is 0.102. The molecule has 0 atom stereocenters. The molecule has 1 N–H and O–H groups in total. The van der Waals surface area contributed by atoms with Gasteiger partial charge in [-0.05, 0) is 77.8 Å². The van der Waals surface area contributed by atoms with Crippen molar-refractivity contribution in [2.45, 2.75) is 27.1 Å². The SMILES string of the molecule is Cc1nn(Cc2cccc(NC(=O)c3ccn(COc4ccc(Br)cc4)n3)c2)c(C)c1Br. The first-order chi connectivity index (χ1) is 15.4. The molecule has 2 aromatic heterocycles. The molecule has 7 nitrogen and oxygen atoms in total. The number of nitrogens with zero attached hydrogens (tertiary/aromatic N) is 4. The first-order valence-electron chi connectivity index (χ1n) is 9.90. The number of benzene rings is 2. The molecule has 0 saturated carbocycles. The zero-order valence-electron chi connectivity index (χ0n) is 17.5. The molecule has 0 bridgehead atoms. The molecule has 1 amide bonds. The van der Waals surface area contributed by atoms with Gasteiger partial charge in [-0.25, -0.2) is 4.68 Å². The van der Waals surface area contributed by atoms with Crippen molar-refractivity contribution in [1.29, 1.82) is 0 Å². The van der Waals surface area contributed by atoms with Gasteiger partial charge in [-0.3, -0.25) is 9.48 Å². The van der Waals surface area contributed by atoms with Crippen LogP contribution in [0.15, 0.2) is 69.7 Å². The van der Waals surface area contributed by atoms with Crippen LogP contribution >= 0.6 is 31.9 Å². The van der Waals surface area contributed by atoms with Gasteiger partial charge in [-0.2, -0.15) is 10.2 Å². The molecule has 0 saturated heterocycles. The van der Waals surface area contributed by atoms with E-state index in [9.17, 15) is 4.79 Å². The average molecular weight is 559 g/mol. The van der Waals surface area contributed by atoms with Crippen molar-refractivity contribution in [3.05, 3.63) is 92.4 Å². The molecule has 0 aliphatic rings. The van der Waals surface area contributed by atoms with Crippen molar-refractivity contribution >= 4 is 43.5 Å². The molecular weight excluding hydrogens is 538 g/mol. The average Bonchev–Trinajstić information content (AvgIpc) is 3.35. The van der Waals surface area contributed by atoms with Gasteiger partial charge in [0.25, 0.3) is 5.91 Å². The zero-order valence-corrected chi connectivity index (χ0v) is 20.7. The number of halogens is 2. The van der Waals surface area contributed by atoms with Gasteiger partial charge in [0.15, 0.2) is 12.4 Å². The second kappa shape index (κ2) is 9.70. The number of aryl methyl sites for hydroxylation is 1. The van der Waals surface area contributed by atoms with E-state index in [1.165, 1.54) is 0 Å². The lowest BCUT2D eigenvalue weighted by atomic mass is 10.2. The number of amides is 1. The van der Waals surface area contributed by atoms with Crippen LogP contribution in [0, 0.1) is 13.8 Å². The predicted octanol–water partition coefficient (Wildman–Crippen LogP) is 5.56. The number of rotatable bonds is 7. The summed E-state index contributed by atoms with van der Waals surface area (Å²) in [7, 11) is 0. The normalized spacial score (nSPS) is 10.9. The minimum absolute atomic E-state index is 0.211. The summed E-state index contributed by atoms with van der Waals surface area (Å²) in [6.07, 6.45) is 1.71. The van der Waals surface area contributed by atoms with E-state index in [0.29, 0.717) is 17.9 Å². The number of carbonyl (C=O) groups excluding carboxylic acids is 1. The fourth-order valence-corrected chi connectivity index (χ4v) is 3.72. The second-order valence-electron chi connectivity index (χ2n) is 7.26. The number of hydrogen-bond acceptors (Lipinski definition) is 4. The van der Waals surface area contributed by atoms with Crippen LogP contribution in [0.4, 0.5) is 5.69 Å². The maximum atomic E-state index is 12.7. The largest absolute Gasteiger partial charge is 0.471 e. The monoisotopic (exact) mass is 557 g/mol. The van der Waals surface area contributed by atoms with Gasteiger partial charge < -0.3 is 10.1 Å². The summed E-state index contributed by atoms with van der Waals surface area (Å²) in [5.41, 5.74) is 4.07. The highest BCUT2D eigenvalue weighted by atomic mass is 79.9. The molecule has 4 rings (SSSR count). The summed E-state index contributed by atoms with van der Waals surface area (Å²) >= 11 is 6.95. The number of carbonyl (C=O) groups is 1. The molecule has 2 aromatic carbocycles. The van der Waals surface area contributed by atoms with Gasteiger partial charge in [0.1, 0.15) is 5.75 Å². The maximum absolute atomic E-state index is 12.7. The van der Waals surface area contributed by atoms with Crippen LogP contribution < -0.4 is 10.1 Å². The molecule has 32 heavy (non-hydrogen) atoms.